The standard InChI is InChI=1S/C23H24F2N4O2S/c1-4-13-29-21(14-31-20-8-6-5-7-19(20)25)26-27-23(29)32-15-22(30)28(3)16(2)17-9-11-18(24)12-10-17/h4-12,16H,1,13-15H2,2-3H3. The molecule has 0 saturated heterocycles. The van der Waals surface area contributed by atoms with E-state index in [1.807, 2.05) is 6.92 Å². The van der Waals surface area contributed by atoms with Crippen LogP contribution < -0.4 is 4.74 Å². The molecule has 0 aliphatic carbocycles. The summed E-state index contributed by atoms with van der Waals surface area (Å²) >= 11 is 1.24. The Kier molecular flexibility index (Phi) is 7.99. The first-order valence-electron chi connectivity index (χ1n) is 9.95. The normalized spacial score (nSPS) is 11.8. The molecule has 6 nitrogen and oxygen atoms in total. The zero-order valence-electron chi connectivity index (χ0n) is 17.9. The molecule has 0 aliphatic rings. The van der Waals surface area contributed by atoms with Gasteiger partial charge in [-0.05, 0) is 36.8 Å². The highest BCUT2D eigenvalue weighted by Gasteiger charge is 2.20. The molecule has 2 aromatic carbocycles. The van der Waals surface area contributed by atoms with Crippen LogP contribution in [0, 0.1) is 11.6 Å². The van der Waals surface area contributed by atoms with Crippen LogP contribution in [-0.4, -0.2) is 38.4 Å². The van der Waals surface area contributed by atoms with Gasteiger partial charge in [0.2, 0.25) is 5.91 Å². The Balaban J connectivity index is 1.63. The summed E-state index contributed by atoms with van der Waals surface area (Å²) in [5.74, 6) is -0.116. The maximum Gasteiger partial charge on any atom is 0.233 e. The Morgan fingerprint density at radius 2 is 1.94 bits per heavy atom. The molecule has 0 spiro atoms. The molecule has 0 fully saturated rings. The van der Waals surface area contributed by atoms with Crippen molar-refractivity contribution in [3.8, 4) is 5.75 Å². The number of nitrogens with zero attached hydrogens (tertiary/aromatic N) is 4. The molecule has 3 rings (SSSR count). The molecule has 1 amide bonds. The second-order valence-corrected chi connectivity index (χ2v) is 7.98. The lowest BCUT2D eigenvalue weighted by molar-refractivity contribution is -0.128. The topological polar surface area (TPSA) is 60.2 Å². The van der Waals surface area contributed by atoms with Gasteiger partial charge < -0.3 is 9.64 Å². The first-order chi connectivity index (χ1) is 15.4. The number of hydrogen-bond donors (Lipinski definition) is 0. The van der Waals surface area contributed by atoms with Gasteiger partial charge in [-0.25, -0.2) is 8.78 Å². The van der Waals surface area contributed by atoms with Crippen LogP contribution in [0.1, 0.15) is 24.4 Å². The smallest absolute Gasteiger partial charge is 0.233 e. The highest BCUT2D eigenvalue weighted by molar-refractivity contribution is 7.99. The van der Waals surface area contributed by atoms with Crippen molar-refractivity contribution in [3.63, 3.8) is 0 Å². The van der Waals surface area contributed by atoms with Crippen molar-refractivity contribution in [2.24, 2.45) is 0 Å². The largest absolute Gasteiger partial charge is 0.483 e. The second kappa shape index (κ2) is 10.9. The van der Waals surface area contributed by atoms with E-state index in [0.717, 1.165) is 5.56 Å². The lowest BCUT2D eigenvalue weighted by Crippen LogP contribution is -2.31. The number of carbonyl (C=O) groups excluding carboxylic acids is 1. The Hall–Kier alpha value is -3.20. The number of benzene rings is 2. The molecule has 0 aliphatic heterocycles. The molecule has 1 unspecified atom stereocenters. The number of hydrogen-bond acceptors (Lipinski definition) is 5. The van der Waals surface area contributed by atoms with Gasteiger partial charge in [0.05, 0.1) is 11.8 Å². The van der Waals surface area contributed by atoms with Gasteiger partial charge in [0, 0.05) is 13.6 Å². The fraction of sp³-hybridized carbons (Fsp3) is 0.261. The molecule has 0 N–H and O–H groups in total. The van der Waals surface area contributed by atoms with Gasteiger partial charge in [-0.3, -0.25) is 9.36 Å². The van der Waals surface area contributed by atoms with Gasteiger partial charge in [0.15, 0.2) is 22.5 Å². The molecule has 168 valence electrons. The van der Waals surface area contributed by atoms with E-state index in [-0.39, 0.29) is 35.9 Å². The summed E-state index contributed by atoms with van der Waals surface area (Å²) in [7, 11) is 1.71. The number of carbonyl (C=O) groups is 1. The van der Waals surface area contributed by atoms with Crippen LogP contribution in [0.4, 0.5) is 8.78 Å². The number of amides is 1. The van der Waals surface area contributed by atoms with Gasteiger partial charge in [-0.2, -0.15) is 0 Å². The molecule has 1 aromatic heterocycles. The Labute approximate surface area is 189 Å². The maximum atomic E-state index is 13.8. The quantitative estimate of drug-likeness (QED) is 0.327. The van der Waals surface area contributed by atoms with E-state index in [4.69, 9.17) is 4.74 Å². The Morgan fingerprint density at radius 1 is 1.22 bits per heavy atom. The first kappa shape index (κ1) is 23.5. The zero-order valence-corrected chi connectivity index (χ0v) is 18.7. The van der Waals surface area contributed by atoms with Crippen molar-refractivity contribution in [1.29, 1.82) is 0 Å². The van der Waals surface area contributed by atoms with Crippen LogP contribution in [0.25, 0.3) is 0 Å². The lowest BCUT2D eigenvalue weighted by Gasteiger charge is -2.25. The molecule has 0 radical (unpaired) electrons. The van der Waals surface area contributed by atoms with E-state index in [0.29, 0.717) is 17.5 Å². The predicted octanol–water partition coefficient (Wildman–Crippen LogP) is 4.63. The molecule has 3 aromatic rings. The molecule has 1 heterocycles. The van der Waals surface area contributed by atoms with Gasteiger partial charge in [-0.1, -0.05) is 42.1 Å². The second-order valence-electron chi connectivity index (χ2n) is 7.04. The van der Waals surface area contributed by atoms with Gasteiger partial charge in [0.1, 0.15) is 12.4 Å². The van der Waals surface area contributed by atoms with E-state index >= 15 is 0 Å². The van der Waals surface area contributed by atoms with Crippen molar-refractivity contribution in [2.45, 2.75) is 31.3 Å². The fourth-order valence-corrected chi connectivity index (χ4v) is 3.85. The van der Waals surface area contributed by atoms with Crippen molar-refractivity contribution < 1.29 is 18.3 Å². The van der Waals surface area contributed by atoms with Crippen molar-refractivity contribution in [2.75, 3.05) is 12.8 Å². The lowest BCUT2D eigenvalue weighted by atomic mass is 10.1. The molecule has 1 atom stereocenters. The zero-order chi connectivity index (χ0) is 23.1. The number of halogens is 2. The van der Waals surface area contributed by atoms with Crippen molar-refractivity contribution >= 4 is 17.7 Å². The molecule has 9 heteroatoms. The van der Waals surface area contributed by atoms with Crippen LogP contribution in [0.15, 0.2) is 66.3 Å². The Bertz CT molecular complexity index is 1070. The van der Waals surface area contributed by atoms with E-state index in [2.05, 4.69) is 16.8 Å². The number of rotatable bonds is 10. The average Bonchev–Trinajstić information content (AvgIpc) is 3.18. The van der Waals surface area contributed by atoms with Crippen molar-refractivity contribution in [3.05, 3.63) is 84.2 Å². The van der Waals surface area contributed by atoms with E-state index < -0.39 is 5.82 Å². The molecule has 0 saturated carbocycles. The number of allylic oxidation sites excluding steroid dienone is 1. The molecular formula is C23H24F2N4O2S. The van der Waals surface area contributed by atoms with Crippen LogP contribution in [0.5, 0.6) is 5.75 Å². The highest BCUT2D eigenvalue weighted by Crippen LogP contribution is 2.23. The molecular weight excluding hydrogens is 434 g/mol. The van der Waals surface area contributed by atoms with Gasteiger partial charge in [0.25, 0.3) is 0 Å². The summed E-state index contributed by atoms with van der Waals surface area (Å²) < 4.78 is 34.3. The minimum absolute atomic E-state index is 0.0256. The predicted molar refractivity (Wildman–Crippen MR) is 119 cm³/mol. The van der Waals surface area contributed by atoms with E-state index in [1.165, 1.54) is 36.0 Å². The summed E-state index contributed by atoms with van der Waals surface area (Å²) in [5, 5.41) is 8.82. The summed E-state index contributed by atoms with van der Waals surface area (Å²) in [6, 6.07) is 12.0. The van der Waals surface area contributed by atoms with Crippen LogP contribution in [-0.2, 0) is 17.9 Å². The minimum atomic E-state index is -0.458. The van der Waals surface area contributed by atoms with Gasteiger partial charge >= 0.3 is 0 Å². The highest BCUT2D eigenvalue weighted by atomic mass is 32.2. The number of para-hydroxylation sites is 1. The SMILES string of the molecule is C=CCn1c(COc2ccccc2F)nnc1SCC(=O)N(C)C(C)c1ccc(F)cc1. The molecule has 0 bridgehead atoms. The maximum absolute atomic E-state index is 13.8. The summed E-state index contributed by atoms with van der Waals surface area (Å²) in [6.45, 7) is 6.07. The third kappa shape index (κ3) is 5.73. The minimum Gasteiger partial charge on any atom is -0.483 e. The summed E-state index contributed by atoms with van der Waals surface area (Å²) in [4.78, 5) is 14.3. The summed E-state index contributed by atoms with van der Waals surface area (Å²) in [5.41, 5.74) is 0.842. The van der Waals surface area contributed by atoms with Crippen molar-refractivity contribution in [1.82, 2.24) is 19.7 Å². The number of thioether (sulfide) groups is 1. The van der Waals surface area contributed by atoms with E-state index in [1.54, 1.807) is 46.9 Å². The summed E-state index contributed by atoms with van der Waals surface area (Å²) in [6.07, 6.45) is 1.69. The average molecular weight is 459 g/mol. The number of aromatic nitrogens is 3. The Morgan fingerprint density at radius 3 is 2.62 bits per heavy atom. The third-order valence-electron chi connectivity index (χ3n) is 4.95. The fourth-order valence-electron chi connectivity index (χ4n) is 2.96. The third-order valence-corrected chi connectivity index (χ3v) is 5.90. The monoisotopic (exact) mass is 458 g/mol. The van der Waals surface area contributed by atoms with Crippen LogP contribution in [0.2, 0.25) is 0 Å². The van der Waals surface area contributed by atoms with Gasteiger partial charge in [-0.15, -0.1) is 16.8 Å². The van der Waals surface area contributed by atoms with Crippen LogP contribution in [0.3, 0.4) is 0 Å². The molecule has 32 heavy (non-hydrogen) atoms. The number of ether oxygens (including phenoxy) is 1. The first-order valence-corrected chi connectivity index (χ1v) is 10.9. The van der Waals surface area contributed by atoms with E-state index in [9.17, 15) is 13.6 Å². The van der Waals surface area contributed by atoms with Crippen LogP contribution >= 0.6 is 11.8 Å².